The first-order valence-electron chi connectivity index (χ1n) is 9.36. The molecule has 1 fully saturated rings. The fourth-order valence-corrected chi connectivity index (χ4v) is 3.28. The SMILES string of the molecule is Cn1c(=O)c2cc(NC(=O)c3ccc(N4NC(=O)CCC4=O)cc3)cnc2n(C)c1=O. The highest BCUT2D eigenvalue weighted by Gasteiger charge is 2.24. The third kappa shape index (κ3) is 3.56. The highest BCUT2D eigenvalue weighted by molar-refractivity contribution is 6.06. The molecule has 0 spiro atoms. The molecule has 1 aliphatic rings. The molecule has 1 aromatic carbocycles. The second kappa shape index (κ2) is 7.52. The zero-order valence-corrected chi connectivity index (χ0v) is 16.7. The van der Waals surface area contributed by atoms with Gasteiger partial charge in [-0.25, -0.2) is 14.8 Å². The number of hydrazine groups is 1. The van der Waals surface area contributed by atoms with Crippen LogP contribution < -0.4 is 27.0 Å². The Morgan fingerprint density at radius 3 is 2.45 bits per heavy atom. The Labute approximate surface area is 174 Å². The lowest BCUT2D eigenvalue weighted by molar-refractivity contribution is -0.130. The van der Waals surface area contributed by atoms with Crippen molar-refractivity contribution in [1.29, 1.82) is 0 Å². The minimum atomic E-state index is -0.515. The fourth-order valence-electron chi connectivity index (χ4n) is 3.28. The van der Waals surface area contributed by atoms with Crippen molar-refractivity contribution in [2.75, 3.05) is 10.3 Å². The first-order chi connectivity index (χ1) is 14.8. The highest BCUT2D eigenvalue weighted by Crippen LogP contribution is 2.19. The van der Waals surface area contributed by atoms with E-state index in [1.165, 1.54) is 43.1 Å². The summed E-state index contributed by atoms with van der Waals surface area (Å²) in [5.41, 5.74) is 2.71. The number of nitrogens with one attached hydrogen (secondary N) is 2. The number of nitrogens with zero attached hydrogens (tertiary/aromatic N) is 4. The molecule has 0 saturated carbocycles. The Kier molecular flexibility index (Phi) is 4.85. The van der Waals surface area contributed by atoms with Crippen molar-refractivity contribution in [2.24, 2.45) is 14.1 Å². The molecule has 158 valence electrons. The molecule has 2 N–H and O–H groups in total. The summed E-state index contributed by atoms with van der Waals surface area (Å²) in [5, 5.41) is 4.00. The fraction of sp³-hybridized carbons (Fsp3) is 0.200. The molecule has 11 nitrogen and oxygen atoms in total. The molecule has 31 heavy (non-hydrogen) atoms. The second-order valence-corrected chi connectivity index (χ2v) is 7.07. The monoisotopic (exact) mass is 422 g/mol. The Balaban J connectivity index is 1.58. The molecule has 0 atom stereocenters. The minimum Gasteiger partial charge on any atom is -0.321 e. The first-order valence-corrected chi connectivity index (χ1v) is 9.36. The van der Waals surface area contributed by atoms with Crippen LogP contribution >= 0.6 is 0 Å². The zero-order valence-electron chi connectivity index (χ0n) is 16.7. The average Bonchev–Trinajstić information content (AvgIpc) is 2.78. The molecule has 1 aliphatic heterocycles. The average molecular weight is 422 g/mol. The molecule has 2 aromatic heterocycles. The van der Waals surface area contributed by atoms with Crippen molar-refractivity contribution >= 4 is 40.1 Å². The quantitative estimate of drug-likeness (QED) is 0.612. The number of rotatable bonds is 3. The van der Waals surface area contributed by atoms with E-state index in [4.69, 9.17) is 0 Å². The number of fused-ring (bicyclic) bond motifs is 1. The van der Waals surface area contributed by atoms with Gasteiger partial charge in [0.2, 0.25) is 11.8 Å². The largest absolute Gasteiger partial charge is 0.332 e. The summed E-state index contributed by atoms with van der Waals surface area (Å²) >= 11 is 0. The van der Waals surface area contributed by atoms with Gasteiger partial charge in [-0.15, -0.1) is 0 Å². The van der Waals surface area contributed by atoms with E-state index in [1.54, 1.807) is 12.1 Å². The highest BCUT2D eigenvalue weighted by atomic mass is 16.2. The summed E-state index contributed by atoms with van der Waals surface area (Å²) in [6.07, 6.45) is 1.62. The van der Waals surface area contributed by atoms with Crippen molar-refractivity contribution in [2.45, 2.75) is 12.8 Å². The molecule has 0 aliphatic carbocycles. The van der Waals surface area contributed by atoms with Gasteiger partial charge in [-0.05, 0) is 30.3 Å². The van der Waals surface area contributed by atoms with Gasteiger partial charge in [0.05, 0.1) is 23.0 Å². The normalized spacial score (nSPS) is 13.9. The number of amides is 3. The van der Waals surface area contributed by atoms with E-state index in [-0.39, 0.29) is 41.4 Å². The summed E-state index contributed by atoms with van der Waals surface area (Å²) in [6.45, 7) is 0. The maximum atomic E-state index is 12.6. The molecular weight excluding hydrogens is 404 g/mol. The van der Waals surface area contributed by atoms with E-state index >= 15 is 0 Å². The van der Waals surface area contributed by atoms with Gasteiger partial charge in [0, 0.05) is 32.5 Å². The number of hydrogen-bond donors (Lipinski definition) is 2. The van der Waals surface area contributed by atoms with Gasteiger partial charge in [-0.3, -0.25) is 33.7 Å². The van der Waals surface area contributed by atoms with Gasteiger partial charge in [0.15, 0.2) is 0 Å². The summed E-state index contributed by atoms with van der Waals surface area (Å²) in [7, 11) is 2.87. The lowest BCUT2D eigenvalue weighted by atomic mass is 10.1. The minimum absolute atomic E-state index is 0.119. The van der Waals surface area contributed by atoms with Gasteiger partial charge >= 0.3 is 5.69 Å². The molecule has 0 radical (unpaired) electrons. The first kappa shape index (κ1) is 20.0. The number of hydrogen-bond acceptors (Lipinski definition) is 6. The zero-order chi connectivity index (χ0) is 22.3. The van der Waals surface area contributed by atoms with E-state index in [2.05, 4.69) is 15.7 Å². The predicted molar refractivity (Wildman–Crippen MR) is 111 cm³/mol. The molecule has 4 rings (SSSR count). The van der Waals surface area contributed by atoms with Crippen LogP contribution in [0.3, 0.4) is 0 Å². The Morgan fingerprint density at radius 2 is 1.74 bits per heavy atom. The number of aromatic nitrogens is 3. The molecule has 3 heterocycles. The lowest BCUT2D eigenvalue weighted by Gasteiger charge is -2.27. The third-order valence-corrected chi connectivity index (χ3v) is 4.99. The smallest absolute Gasteiger partial charge is 0.321 e. The van der Waals surface area contributed by atoms with Gasteiger partial charge in [0.25, 0.3) is 11.5 Å². The van der Waals surface area contributed by atoms with Gasteiger partial charge in [-0.1, -0.05) is 0 Å². The van der Waals surface area contributed by atoms with Crippen LogP contribution in [0.1, 0.15) is 23.2 Å². The Morgan fingerprint density at radius 1 is 1.03 bits per heavy atom. The van der Waals surface area contributed by atoms with Crippen molar-refractivity contribution in [3.8, 4) is 0 Å². The maximum absolute atomic E-state index is 12.6. The molecule has 0 bridgehead atoms. The lowest BCUT2D eigenvalue weighted by Crippen LogP contribution is -2.50. The van der Waals surface area contributed by atoms with E-state index in [9.17, 15) is 24.0 Å². The van der Waals surface area contributed by atoms with E-state index in [0.717, 1.165) is 9.58 Å². The number of pyridine rings is 1. The summed E-state index contributed by atoms with van der Waals surface area (Å²) < 4.78 is 2.22. The van der Waals surface area contributed by atoms with Crippen LogP contribution in [0.2, 0.25) is 0 Å². The molecular formula is C20H18N6O5. The Bertz CT molecular complexity index is 1360. The van der Waals surface area contributed by atoms with Crippen LogP contribution in [-0.2, 0) is 23.7 Å². The van der Waals surface area contributed by atoms with Crippen LogP contribution in [-0.4, -0.2) is 31.8 Å². The van der Waals surface area contributed by atoms with Crippen molar-refractivity contribution < 1.29 is 14.4 Å². The van der Waals surface area contributed by atoms with Crippen LogP contribution in [0.5, 0.6) is 0 Å². The van der Waals surface area contributed by atoms with Gasteiger partial charge in [-0.2, -0.15) is 0 Å². The van der Waals surface area contributed by atoms with Crippen LogP contribution in [0.4, 0.5) is 11.4 Å². The molecule has 11 heteroatoms. The third-order valence-electron chi connectivity index (χ3n) is 4.99. The predicted octanol–water partition coefficient (Wildman–Crippen LogP) is 0.0425. The van der Waals surface area contributed by atoms with E-state index < -0.39 is 17.2 Å². The van der Waals surface area contributed by atoms with Gasteiger partial charge in [0.1, 0.15) is 5.65 Å². The summed E-state index contributed by atoms with van der Waals surface area (Å²) in [6, 6.07) is 7.56. The second-order valence-electron chi connectivity index (χ2n) is 7.07. The van der Waals surface area contributed by atoms with Crippen LogP contribution in [0.25, 0.3) is 11.0 Å². The number of carbonyl (C=O) groups is 3. The van der Waals surface area contributed by atoms with Crippen molar-refractivity contribution in [3.63, 3.8) is 0 Å². The molecule has 3 aromatic rings. The molecule has 0 unspecified atom stereocenters. The van der Waals surface area contributed by atoms with E-state index in [1.807, 2.05) is 0 Å². The topological polar surface area (TPSA) is 135 Å². The number of carbonyl (C=O) groups excluding carboxylic acids is 3. The molecule has 1 saturated heterocycles. The van der Waals surface area contributed by atoms with Crippen molar-refractivity contribution in [1.82, 2.24) is 19.5 Å². The van der Waals surface area contributed by atoms with Gasteiger partial charge < -0.3 is 5.32 Å². The summed E-state index contributed by atoms with van der Waals surface area (Å²) in [5.74, 6) is -0.952. The number of aryl methyl sites for hydroxylation is 1. The molecule has 3 amide bonds. The van der Waals surface area contributed by atoms with E-state index in [0.29, 0.717) is 11.3 Å². The Hall–Kier alpha value is -4.28. The van der Waals surface area contributed by atoms with Crippen molar-refractivity contribution in [3.05, 3.63) is 62.9 Å². The standard InChI is InChI=1S/C20H18N6O5/c1-24-17-14(19(30)25(2)20(24)31)9-12(10-21-17)22-18(29)11-3-5-13(6-4-11)26-16(28)8-7-15(27)23-26/h3-6,9-10H,7-8H2,1-2H3,(H,22,29)(H,23,27). The van der Waals surface area contributed by atoms with Crippen LogP contribution in [0.15, 0.2) is 46.1 Å². The summed E-state index contributed by atoms with van der Waals surface area (Å²) in [4.78, 5) is 64.6. The van der Waals surface area contributed by atoms with Crippen LogP contribution in [0, 0.1) is 0 Å². The number of benzene rings is 1. The number of anilines is 2. The maximum Gasteiger partial charge on any atom is 0.332 e.